The van der Waals surface area contributed by atoms with Crippen molar-refractivity contribution in [1.29, 1.82) is 0 Å². The lowest BCUT2D eigenvalue weighted by Gasteiger charge is -2.29. The summed E-state index contributed by atoms with van der Waals surface area (Å²) in [6.07, 6.45) is 0.336. The predicted octanol–water partition coefficient (Wildman–Crippen LogP) is 10.4. The van der Waals surface area contributed by atoms with E-state index in [4.69, 9.17) is 62.6 Å². The van der Waals surface area contributed by atoms with Crippen LogP contribution in [0.3, 0.4) is 0 Å². The van der Waals surface area contributed by atoms with E-state index in [2.05, 4.69) is 13.6 Å². The van der Waals surface area contributed by atoms with Gasteiger partial charge in [-0.15, -0.1) is 0 Å². The van der Waals surface area contributed by atoms with E-state index in [1.54, 1.807) is 184 Å². The summed E-state index contributed by atoms with van der Waals surface area (Å²) in [5, 5.41) is 0. The van der Waals surface area contributed by atoms with Crippen molar-refractivity contribution in [3.8, 4) is 23.0 Å². The fourth-order valence-electron chi connectivity index (χ4n) is 6.73. The van der Waals surface area contributed by atoms with Gasteiger partial charge in [-0.2, -0.15) is 0 Å². The maximum atomic E-state index is 12.3. The van der Waals surface area contributed by atoms with Crippen LogP contribution >= 0.6 is 31.3 Å². The van der Waals surface area contributed by atoms with Crippen molar-refractivity contribution in [1.82, 2.24) is 0 Å². The van der Waals surface area contributed by atoms with Crippen LogP contribution in [0.1, 0.15) is 146 Å². The summed E-state index contributed by atoms with van der Waals surface area (Å²) < 4.78 is 83.2. The Hall–Kier alpha value is -5.44. The van der Waals surface area contributed by atoms with Gasteiger partial charge in [-0.25, -0.2) is 18.3 Å². The first-order valence-corrected chi connectivity index (χ1v) is 31.1. The number of benzene rings is 4. The van der Waals surface area contributed by atoms with Crippen LogP contribution in [0.25, 0.3) is 0 Å². The molecule has 0 spiro atoms. The number of phosphoric ester groups is 4. The van der Waals surface area contributed by atoms with Crippen molar-refractivity contribution in [2.24, 2.45) is 0 Å². The van der Waals surface area contributed by atoms with E-state index in [0.717, 1.165) is 0 Å². The average Bonchev–Trinajstić information content (AvgIpc) is 3.23. The van der Waals surface area contributed by atoms with Gasteiger partial charge in [0, 0.05) is 28.5 Å². The van der Waals surface area contributed by atoms with Crippen LogP contribution < -0.4 is 18.1 Å². The van der Waals surface area contributed by atoms with Gasteiger partial charge in [0.15, 0.2) is 0 Å². The number of carbonyl (C=O) groups is 4. The molecule has 460 valence electrons. The van der Waals surface area contributed by atoms with Gasteiger partial charge in [0.25, 0.3) is 0 Å². The van der Waals surface area contributed by atoms with E-state index in [0.29, 0.717) is 22.3 Å². The second kappa shape index (κ2) is 29.9. The summed E-state index contributed by atoms with van der Waals surface area (Å²) >= 11 is 0. The normalized spacial score (nSPS) is 12.5. The topological polar surface area (TPSA) is 372 Å². The molecule has 8 N–H and O–H groups in total. The molecule has 4 aromatic rings. The predicted molar refractivity (Wildman–Crippen MR) is 303 cm³/mol. The highest BCUT2D eigenvalue weighted by Gasteiger charge is 2.38. The van der Waals surface area contributed by atoms with Crippen molar-refractivity contribution < 1.29 is 114 Å². The highest BCUT2D eigenvalue weighted by Crippen LogP contribution is 2.45. The standard InChI is InChI=1S/C15H23O6P.C14H21O6P.C13H19O6P.C12H17O6P/c1-14(2,3)20-13(16)10-15(4,5)11-8-6-7-9-12(11)21-22(17,18)19;1-13(2,3)19-12(15)14(4,5)10-8-6-7-9-11(10)20-21(16,17)18;1-13(2,3)18-12(14)9-8-10-6-4-5-7-11(10)19-20(15,16)17;1-12(2,3)17-11(13)8-9-6-4-5-7-10(9)18-19(14,15)16/h6-9H,10H2,1-5H3,(H2,17,18,19);6-9H,1-5H3,(H2,16,17,18);4-7H,8-9H2,1-3H3,(H2,15,16,17);4-7H,8H2,1-3H3,(H2,14,15,16). The fourth-order valence-corrected chi connectivity index (χ4v) is 8.43. The van der Waals surface area contributed by atoms with Gasteiger partial charge in [-0.1, -0.05) is 86.6 Å². The molecule has 0 aliphatic heterocycles. The summed E-state index contributed by atoms with van der Waals surface area (Å²) in [5.41, 5.74) is -2.45. The smallest absolute Gasteiger partial charge is 0.460 e. The van der Waals surface area contributed by atoms with Gasteiger partial charge in [-0.05, 0) is 133 Å². The third-order valence-corrected chi connectivity index (χ3v) is 11.4. The zero-order chi connectivity index (χ0) is 63.7. The first-order valence-electron chi connectivity index (χ1n) is 25.0. The summed E-state index contributed by atoms with van der Waals surface area (Å²) in [6, 6.07) is 25.2. The molecule has 0 atom stereocenters. The fraction of sp³-hybridized carbons (Fsp3) is 0.481. The molecule has 0 heterocycles. The molecule has 0 aliphatic rings. The molecule has 0 aliphatic carbocycles. The molecular formula is C54H80O24P4. The molecule has 4 aromatic carbocycles. The van der Waals surface area contributed by atoms with Crippen molar-refractivity contribution in [2.45, 2.75) is 170 Å². The second-order valence-electron chi connectivity index (χ2n) is 23.2. The number of esters is 4. The lowest BCUT2D eigenvalue weighted by atomic mass is 9.81. The summed E-state index contributed by atoms with van der Waals surface area (Å²) in [7, 11) is -18.6. The SMILES string of the molecule is CC(C)(C)OC(=O)C(C)(C)c1ccccc1OP(=O)(O)O.CC(C)(C)OC(=O)CC(C)(C)c1ccccc1OP(=O)(O)O.CC(C)(C)OC(=O)CCc1ccccc1OP(=O)(O)O.CC(C)(C)OC(=O)Cc1ccccc1OP(=O)(O)O. The van der Waals surface area contributed by atoms with E-state index in [-0.39, 0.29) is 60.6 Å². The zero-order valence-corrected chi connectivity index (χ0v) is 52.5. The monoisotopic (exact) mass is 1240 g/mol. The molecule has 0 unspecified atom stereocenters. The van der Waals surface area contributed by atoms with Gasteiger partial charge in [0.2, 0.25) is 0 Å². The minimum atomic E-state index is -4.71. The molecule has 28 heteroatoms. The van der Waals surface area contributed by atoms with Gasteiger partial charge in [0.05, 0.1) is 18.3 Å². The minimum Gasteiger partial charge on any atom is -0.460 e. The Bertz CT molecular complexity index is 2960. The molecule has 82 heavy (non-hydrogen) atoms. The van der Waals surface area contributed by atoms with Crippen molar-refractivity contribution in [2.75, 3.05) is 0 Å². The molecule has 0 saturated heterocycles. The molecule has 0 aromatic heterocycles. The van der Waals surface area contributed by atoms with Crippen LogP contribution in [-0.2, 0) is 80.1 Å². The number of hydrogen-bond donors (Lipinski definition) is 8. The van der Waals surface area contributed by atoms with E-state index >= 15 is 0 Å². The molecule has 0 saturated carbocycles. The van der Waals surface area contributed by atoms with E-state index in [9.17, 15) is 37.4 Å². The van der Waals surface area contributed by atoms with Crippen LogP contribution in [-0.4, -0.2) is 85.4 Å². The van der Waals surface area contributed by atoms with Gasteiger partial charge < -0.3 is 37.0 Å². The quantitative estimate of drug-likeness (QED) is 0.0261. The highest BCUT2D eigenvalue weighted by molar-refractivity contribution is 7.47. The zero-order valence-electron chi connectivity index (χ0n) is 49.0. The van der Waals surface area contributed by atoms with Crippen LogP contribution in [0.5, 0.6) is 23.0 Å². The Balaban J connectivity index is 0.000000547. The van der Waals surface area contributed by atoms with Gasteiger partial charge in [0.1, 0.15) is 45.4 Å². The summed E-state index contributed by atoms with van der Waals surface area (Å²) in [4.78, 5) is 119. The Morgan fingerprint density at radius 3 is 1.09 bits per heavy atom. The number of phosphoric acid groups is 4. The highest BCUT2D eigenvalue weighted by atomic mass is 31.2. The Morgan fingerprint density at radius 2 is 0.683 bits per heavy atom. The Labute approximate surface area is 479 Å². The largest absolute Gasteiger partial charge is 0.524 e. The molecule has 4 rings (SSSR count). The van der Waals surface area contributed by atoms with Gasteiger partial charge >= 0.3 is 55.2 Å². The third kappa shape index (κ3) is 33.0. The van der Waals surface area contributed by atoms with E-state index < -0.39 is 76.5 Å². The molecule has 24 nitrogen and oxygen atoms in total. The Kier molecular flexibility index (Phi) is 27.2. The van der Waals surface area contributed by atoms with Gasteiger partial charge in [-0.3, -0.25) is 58.3 Å². The van der Waals surface area contributed by atoms with E-state index in [1.807, 2.05) is 0 Å². The van der Waals surface area contributed by atoms with Crippen LogP contribution in [0.2, 0.25) is 0 Å². The number of hydrogen-bond acceptors (Lipinski definition) is 16. The molecule has 0 fully saturated rings. The van der Waals surface area contributed by atoms with Crippen molar-refractivity contribution in [3.05, 3.63) is 119 Å². The second-order valence-corrected chi connectivity index (χ2v) is 27.8. The number of para-hydroxylation sites is 4. The first-order chi connectivity index (χ1) is 36.8. The molecule has 0 bridgehead atoms. The molecular weight excluding hydrogens is 1160 g/mol. The Morgan fingerprint density at radius 1 is 0.378 bits per heavy atom. The number of aryl methyl sites for hydroxylation is 1. The number of rotatable bonds is 18. The lowest BCUT2D eigenvalue weighted by molar-refractivity contribution is -0.161. The molecule has 0 radical (unpaired) electrons. The maximum absolute atomic E-state index is 12.3. The van der Waals surface area contributed by atoms with Crippen molar-refractivity contribution in [3.63, 3.8) is 0 Å². The van der Waals surface area contributed by atoms with Crippen LogP contribution in [0.15, 0.2) is 97.1 Å². The average molecular weight is 1240 g/mol. The molecule has 0 amide bonds. The number of ether oxygens (including phenoxy) is 4. The van der Waals surface area contributed by atoms with E-state index in [1.165, 1.54) is 24.3 Å². The van der Waals surface area contributed by atoms with Crippen molar-refractivity contribution >= 4 is 55.2 Å². The maximum Gasteiger partial charge on any atom is 0.524 e. The summed E-state index contributed by atoms with van der Waals surface area (Å²) in [5.74, 6) is -1.69. The lowest BCUT2D eigenvalue weighted by Crippen LogP contribution is -2.37. The number of carbonyl (C=O) groups excluding carboxylic acids is 4. The van der Waals surface area contributed by atoms with Crippen LogP contribution in [0.4, 0.5) is 0 Å². The van der Waals surface area contributed by atoms with Crippen LogP contribution in [0, 0.1) is 0 Å². The third-order valence-electron chi connectivity index (χ3n) is 9.68. The summed E-state index contributed by atoms with van der Waals surface area (Å²) in [6.45, 7) is 27.9. The first kappa shape index (κ1) is 74.6. The minimum absolute atomic E-state index is 0.0262.